The number of piperidine rings is 1. The minimum atomic E-state index is -0.228. The lowest BCUT2D eigenvalue weighted by molar-refractivity contribution is -0.925. The molecule has 0 bridgehead atoms. The molecule has 2 atom stereocenters. The second-order valence-corrected chi connectivity index (χ2v) is 7.26. The third-order valence-corrected chi connectivity index (χ3v) is 5.04. The van der Waals surface area contributed by atoms with Crippen molar-refractivity contribution in [3.05, 3.63) is 45.3 Å². The molecule has 0 amide bonds. The first-order valence-electron chi connectivity index (χ1n) is 8.30. The molecular formula is C19H26NO2+. The van der Waals surface area contributed by atoms with Gasteiger partial charge in [0.1, 0.15) is 12.1 Å². The van der Waals surface area contributed by atoms with Gasteiger partial charge in [-0.1, -0.05) is 26.0 Å². The van der Waals surface area contributed by atoms with E-state index in [0.29, 0.717) is 0 Å². The molecule has 2 aromatic rings. The molecule has 0 saturated carbocycles. The van der Waals surface area contributed by atoms with Gasteiger partial charge in [0.05, 0.1) is 13.1 Å². The van der Waals surface area contributed by atoms with E-state index in [1.807, 2.05) is 6.92 Å². The lowest BCUT2D eigenvalue weighted by Gasteiger charge is -2.32. The molecule has 3 nitrogen and oxygen atoms in total. The van der Waals surface area contributed by atoms with Gasteiger partial charge in [-0.05, 0) is 31.4 Å². The minimum absolute atomic E-state index is 0.228. The predicted molar refractivity (Wildman–Crippen MR) is 89.3 cm³/mol. The number of hydrogen-bond donors (Lipinski definition) is 1. The number of likely N-dealkylation sites (tertiary alicyclic amines) is 1. The standard InChI is InChI=1S/C19H25NO2/c1-12-7-13(2)10-20(9-12)11-16-8-18(21)22-19-15(4)14(3)5-6-17(16)19/h5-6,8,12-13H,7,9-11H2,1-4H3/p+1/t12-,13-/m1/s1. The van der Waals surface area contributed by atoms with Crippen LogP contribution in [0.25, 0.3) is 11.0 Å². The molecule has 22 heavy (non-hydrogen) atoms. The Balaban J connectivity index is 2.00. The van der Waals surface area contributed by atoms with E-state index in [1.54, 1.807) is 11.0 Å². The lowest BCUT2D eigenvalue weighted by Crippen LogP contribution is -3.13. The number of nitrogens with one attached hydrogen (secondary N) is 1. The van der Waals surface area contributed by atoms with Gasteiger partial charge >= 0.3 is 5.63 Å². The van der Waals surface area contributed by atoms with E-state index in [0.717, 1.165) is 40.5 Å². The summed E-state index contributed by atoms with van der Waals surface area (Å²) in [4.78, 5) is 13.5. The molecule has 1 saturated heterocycles. The van der Waals surface area contributed by atoms with E-state index in [9.17, 15) is 4.79 Å². The van der Waals surface area contributed by atoms with Crippen LogP contribution in [0.4, 0.5) is 0 Å². The Bertz CT molecular complexity index is 737. The number of quaternary nitrogens is 1. The fourth-order valence-corrected chi connectivity index (χ4v) is 4.01. The van der Waals surface area contributed by atoms with Crippen molar-refractivity contribution in [3.8, 4) is 0 Å². The van der Waals surface area contributed by atoms with Crippen LogP contribution < -0.4 is 10.5 Å². The van der Waals surface area contributed by atoms with Gasteiger partial charge in [0.25, 0.3) is 0 Å². The van der Waals surface area contributed by atoms with E-state index in [4.69, 9.17) is 4.42 Å². The number of benzene rings is 1. The molecule has 1 aliphatic rings. The first-order chi connectivity index (χ1) is 10.4. The normalized spacial score (nSPS) is 25.5. The SMILES string of the molecule is Cc1ccc2c(C[NH+]3C[C@H](C)C[C@@H](C)C3)cc(=O)oc2c1C. The molecule has 3 rings (SSSR count). The maximum absolute atomic E-state index is 12.0. The van der Waals surface area contributed by atoms with Gasteiger partial charge in [0, 0.05) is 28.9 Å². The number of rotatable bonds is 2. The Morgan fingerprint density at radius 2 is 1.86 bits per heavy atom. The van der Waals surface area contributed by atoms with Crippen molar-refractivity contribution in [2.75, 3.05) is 13.1 Å². The summed E-state index contributed by atoms with van der Waals surface area (Å²) in [6.45, 7) is 12.1. The van der Waals surface area contributed by atoms with Crippen molar-refractivity contribution < 1.29 is 9.32 Å². The highest BCUT2D eigenvalue weighted by atomic mass is 16.4. The zero-order valence-corrected chi connectivity index (χ0v) is 14.0. The molecule has 0 spiro atoms. The van der Waals surface area contributed by atoms with Gasteiger partial charge in [0.2, 0.25) is 0 Å². The summed E-state index contributed by atoms with van der Waals surface area (Å²) in [7, 11) is 0. The first-order valence-corrected chi connectivity index (χ1v) is 8.30. The van der Waals surface area contributed by atoms with Crippen LogP contribution in [0, 0.1) is 25.7 Å². The van der Waals surface area contributed by atoms with E-state index >= 15 is 0 Å². The van der Waals surface area contributed by atoms with E-state index in [-0.39, 0.29) is 5.63 Å². The third kappa shape index (κ3) is 2.95. The molecule has 0 aliphatic carbocycles. The molecule has 1 aromatic carbocycles. The molecular weight excluding hydrogens is 274 g/mol. The van der Waals surface area contributed by atoms with Crippen molar-refractivity contribution in [3.63, 3.8) is 0 Å². The largest absolute Gasteiger partial charge is 0.422 e. The predicted octanol–water partition coefficient (Wildman–Crippen LogP) is 2.47. The lowest BCUT2D eigenvalue weighted by atomic mass is 9.91. The Hall–Kier alpha value is -1.61. The van der Waals surface area contributed by atoms with Crippen LogP contribution in [0.1, 0.15) is 37.0 Å². The van der Waals surface area contributed by atoms with Crippen LogP contribution >= 0.6 is 0 Å². The molecule has 1 aromatic heterocycles. The topological polar surface area (TPSA) is 34.7 Å². The van der Waals surface area contributed by atoms with Gasteiger partial charge in [-0.3, -0.25) is 0 Å². The smallest absolute Gasteiger partial charge is 0.336 e. The molecule has 1 N–H and O–H groups in total. The first kappa shape index (κ1) is 15.3. The number of hydrogen-bond acceptors (Lipinski definition) is 2. The monoisotopic (exact) mass is 300 g/mol. The summed E-state index contributed by atoms with van der Waals surface area (Å²) in [6, 6.07) is 5.91. The van der Waals surface area contributed by atoms with Gasteiger partial charge in [-0.2, -0.15) is 0 Å². The Kier molecular flexibility index (Phi) is 4.09. The third-order valence-electron chi connectivity index (χ3n) is 5.04. The van der Waals surface area contributed by atoms with Crippen LogP contribution in [-0.2, 0) is 6.54 Å². The second-order valence-electron chi connectivity index (χ2n) is 7.26. The van der Waals surface area contributed by atoms with Crippen molar-refractivity contribution in [1.29, 1.82) is 0 Å². The van der Waals surface area contributed by atoms with Crippen molar-refractivity contribution in [2.24, 2.45) is 11.8 Å². The van der Waals surface area contributed by atoms with Gasteiger partial charge < -0.3 is 9.32 Å². The Labute approximate surface area is 131 Å². The molecule has 2 heterocycles. The number of aryl methyl sites for hydroxylation is 2. The molecule has 1 fully saturated rings. The molecule has 1 aliphatic heterocycles. The van der Waals surface area contributed by atoms with Crippen LogP contribution in [0.15, 0.2) is 27.4 Å². The maximum Gasteiger partial charge on any atom is 0.336 e. The zero-order chi connectivity index (χ0) is 15.9. The number of fused-ring (bicyclic) bond motifs is 1. The van der Waals surface area contributed by atoms with Gasteiger partial charge in [-0.25, -0.2) is 4.79 Å². The summed E-state index contributed by atoms with van der Waals surface area (Å²) >= 11 is 0. The Morgan fingerprint density at radius 3 is 2.55 bits per heavy atom. The second kappa shape index (κ2) is 5.88. The Morgan fingerprint density at radius 1 is 1.18 bits per heavy atom. The fourth-order valence-electron chi connectivity index (χ4n) is 4.01. The molecule has 118 valence electrons. The highest BCUT2D eigenvalue weighted by Gasteiger charge is 2.26. The van der Waals surface area contributed by atoms with Gasteiger partial charge in [0.15, 0.2) is 0 Å². The van der Waals surface area contributed by atoms with E-state index in [2.05, 4.69) is 32.9 Å². The van der Waals surface area contributed by atoms with Crippen LogP contribution in [0.2, 0.25) is 0 Å². The molecule has 0 radical (unpaired) electrons. The van der Waals surface area contributed by atoms with Crippen LogP contribution in [-0.4, -0.2) is 13.1 Å². The fraction of sp³-hybridized carbons (Fsp3) is 0.526. The average molecular weight is 300 g/mol. The van der Waals surface area contributed by atoms with Crippen LogP contribution in [0.5, 0.6) is 0 Å². The van der Waals surface area contributed by atoms with E-state index < -0.39 is 0 Å². The maximum atomic E-state index is 12.0. The summed E-state index contributed by atoms with van der Waals surface area (Å²) in [5.41, 5.74) is 3.91. The molecule has 0 unspecified atom stereocenters. The summed E-state index contributed by atoms with van der Waals surface area (Å²) in [5.74, 6) is 1.52. The summed E-state index contributed by atoms with van der Waals surface area (Å²) < 4.78 is 5.48. The summed E-state index contributed by atoms with van der Waals surface area (Å²) in [5, 5.41) is 1.10. The van der Waals surface area contributed by atoms with E-state index in [1.165, 1.54) is 25.1 Å². The molecule has 3 heteroatoms. The average Bonchev–Trinajstić information content (AvgIpc) is 2.42. The zero-order valence-electron chi connectivity index (χ0n) is 14.0. The minimum Gasteiger partial charge on any atom is -0.422 e. The van der Waals surface area contributed by atoms with Crippen molar-refractivity contribution in [1.82, 2.24) is 0 Å². The van der Waals surface area contributed by atoms with Crippen molar-refractivity contribution >= 4 is 11.0 Å². The van der Waals surface area contributed by atoms with Crippen molar-refractivity contribution in [2.45, 2.75) is 40.7 Å². The quantitative estimate of drug-likeness (QED) is 0.865. The van der Waals surface area contributed by atoms with Crippen LogP contribution in [0.3, 0.4) is 0 Å². The van der Waals surface area contributed by atoms with Gasteiger partial charge in [-0.15, -0.1) is 0 Å². The summed E-state index contributed by atoms with van der Waals surface area (Å²) in [6.07, 6.45) is 1.32. The highest BCUT2D eigenvalue weighted by Crippen LogP contribution is 2.23. The highest BCUT2D eigenvalue weighted by molar-refractivity contribution is 5.83.